The van der Waals surface area contributed by atoms with E-state index in [0.29, 0.717) is 16.4 Å². The van der Waals surface area contributed by atoms with Gasteiger partial charge >= 0.3 is 11.7 Å². The lowest BCUT2D eigenvalue weighted by Gasteiger charge is -2.10. The van der Waals surface area contributed by atoms with Crippen LogP contribution in [0.1, 0.15) is 6.92 Å². The first-order valence-corrected chi connectivity index (χ1v) is 8.76. The van der Waals surface area contributed by atoms with Crippen LogP contribution >= 0.6 is 11.8 Å². The molecule has 0 N–H and O–H groups in total. The zero-order valence-corrected chi connectivity index (χ0v) is 15.9. The lowest BCUT2D eigenvalue weighted by molar-refractivity contribution is -0.385. The molecule has 8 nitrogen and oxygen atoms in total. The first-order chi connectivity index (χ1) is 13.0. The number of carbonyl (C=O) groups excluding carboxylic acids is 1. The minimum Gasteiger partial charge on any atom is -0.493 e. The molecule has 2 rings (SSSR count). The number of esters is 1. The molecule has 0 saturated heterocycles. The van der Waals surface area contributed by atoms with E-state index >= 15 is 0 Å². The van der Waals surface area contributed by atoms with Gasteiger partial charge in [0.05, 0.1) is 25.7 Å². The Labute approximate surface area is 160 Å². The summed E-state index contributed by atoms with van der Waals surface area (Å²) in [5.74, 6) is 0.579. The summed E-state index contributed by atoms with van der Waals surface area (Å²) in [5, 5.41) is 11.2. The molecule has 0 spiro atoms. The predicted octanol–water partition coefficient (Wildman–Crippen LogP) is 3.71. The lowest BCUT2D eigenvalue weighted by atomic mass is 10.3. The largest absolute Gasteiger partial charge is 0.493 e. The van der Waals surface area contributed by atoms with Gasteiger partial charge in [0.25, 0.3) is 0 Å². The van der Waals surface area contributed by atoms with Gasteiger partial charge in [0.1, 0.15) is 0 Å². The van der Waals surface area contributed by atoms with E-state index in [1.807, 2.05) is 6.07 Å². The Kier molecular flexibility index (Phi) is 7.30. The highest BCUT2D eigenvalue weighted by atomic mass is 32.2. The first kappa shape index (κ1) is 20.4. The Morgan fingerprint density at radius 1 is 1.04 bits per heavy atom. The van der Waals surface area contributed by atoms with Crippen LogP contribution < -0.4 is 14.2 Å². The number of benzene rings is 2. The Bertz CT molecular complexity index is 825. The third-order valence-corrected chi connectivity index (χ3v) is 4.35. The zero-order chi connectivity index (χ0) is 19.8. The Morgan fingerprint density at radius 3 is 2.26 bits per heavy atom. The van der Waals surface area contributed by atoms with E-state index in [-0.39, 0.29) is 18.0 Å². The average molecular weight is 393 g/mol. The van der Waals surface area contributed by atoms with Crippen LogP contribution in [0.25, 0.3) is 0 Å². The SMILES string of the molecule is CCOC(=O)COc1cc(Sc2ccc(OC)c(OC)c2)ccc1[N+](=O)[O-]. The summed E-state index contributed by atoms with van der Waals surface area (Å²) in [6, 6.07) is 9.86. The van der Waals surface area contributed by atoms with Gasteiger partial charge < -0.3 is 18.9 Å². The predicted molar refractivity (Wildman–Crippen MR) is 98.9 cm³/mol. The fourth-order valence-electron chi connectivity index (χ4n) is 2.18. The summed E-state index contributed by atoms with van der Waals surface area (Å²) in [6.45, 7) is 1.47. The van der Waals surface area contributed by atoms with E-state index in [1.54, 1.807) is 39.3 Å². The summed E-state index contributed by atoms with van der Waals surface area (Å²) in [6.07, 6.45) is 0. The van der Waals surface area contributed by atoms with Crippen molar-refractivity contribution in [2.24, 2.45) is 0 Å². The van der Waals surface area contributed by atoms with Gasteiger partial charge in [-0.2, -0.15) is 0 Å². The van der Waals surface area contributed by atoms with Gasteiger partial charge in [0.15, 0.2) is 23.9 Å². The van der Waals surface area contributed by atoms with E-state index in [0.717, 1.165) is 4.90 Å². The van der Waals surface area contributed by atoms with Crippen LogP contribution in [-0.2, 0) is 9.53 Å². The highest BCUT2D eigenvalue weighted by Crippen LogP contribution is 2.38. The van der Waals surface area contributed by atoms with Crippen molar-refractivity contribution >= 4 is 23.4 Å². The second kappa shape index (κ2) is 9.67. The second-order valence-electron chi connectivity index (χ2n) is 5.10. The molecule has 9 heteroatoms. The number of methoxy groups -OCH3 is 2. The molecule has 2 aromatic rings. The minimum absolute atomic E-state index is 0.00136. The molecule has 0 heterocycles. The van der Waals surface area contributed by atoms with Crippen molar-refractivity contribution in [1.29, 1.82) is 0 Å². The maximum Gasteiger partial charge on any atom is 0.344 e. The monoisotopic (exact) mass is 393 g/mol. The fourth-order valence-corrected chi connectivity index (χ4v) is 3.06. The summed E-state index contributed by atoms with van der Waals surface area (Å²) in [7, 11) is 3.09. The molecule has 0 aliphatic rings. The van der Waals surface area contributed by atoms with Crippen molar-refractivity contribution in [2.45, 2.75) is 16.7 Å². The molecular formula is C18H19NO7S. The minimum atomic E-state index is -0.593. The van der Waals surface area contributed by atoms with Crippen LogP contribution in [0.15, 0.2) is 46.2 Å². The first-order valence-electron chi connectivity index (χ1n) is 7.95. The van der Waals surface area contributed by atoms with Gasteiger partial charge in [0, 0.05) is 21.9 Å². The van der Waals surface area contributed by atoms with Crippen LogP contribution in [0.2, 0.25) is 0 Å². The molecule has 2 aromatic carbocycles. The third-order valence-electron chi connectivity index (χ3n) is 3.37. The number of ether oxygens (including phenoxy) is 4. The van der Waals surface area contributed by atoms with Crippen LogP contribution in [0, 0.1) is 10.1 Å². The van der Waals surface area contributed by atoms with Crippen LogP contribution in [0.5, 0.6) is 17.2 Å². The Balaban J connectivity index is 2.23. The van der Waals surface area contributed by atoms with E-state index in [2.05, 4.69) is 0 Å². The van der Waals surface area contributed by atoms with Gasteiger partial charge in [-0.1, -0.05) is 11.8 Å². The van der Waals surface area contributed by atoms with Crippen LogP contribution in [0.4, 0.5) is 5.69 Å². The maximum atomic E-state index is 11.5. The van der Waals surface area contributed by atoms with Crippen molar-refractivity contribution in [1.82, 2.24) is 0 Å². The molecule has 0 bridgehead atoms. The molecule has 0 aliphatic heterocycles. The normalized spacial score (nSPS) is 10.2. The van der Waals surface area contributed by atoms with E-state index < -0.39 is 17.5 Å². The molecule has 0 amide bonds. The summed E-state index contributed by atoms with van der Waals surface area (Å²) >= 11 is 1.36. The van der Waals surface area contributed by atoms with Crippen molar-refractivity contribution in [3.8, 4) is 17.2 Å². The van der Waals surface area contributed by atoms with Crippen molar-refractivity contribution < 1.29 is 28.7 Å². The molecular weight excluding hydrogens is 374 g/mol. The van der Waals surface area contributed by atoms with E-state index in [4.69, 9.17) is 18.9 Å². The molecule has 144 valence electrons. The summed E-state index contributed by atoms with van der Waals surface area (Å²) < 4.78 is 20.5. The standard InChI is InChI=1S/C18H19NO7S/c1-4-25-18(20)11-26-16-9-12(5-7-14(16)19(21)22)27-13-6-8-15(23-2)17(10-13)24-3/h5-10H,4,11H2,1-3H3. The van der Waals surface area contributed by atoms with Crippen molar-refractivity contribution in [3.05, 3.63) is 46.5 Å². The third kappa shape index (κ3) is 5.52. The van der Waals surface area contributed by atoms with E-state index in [9.17, 15) is 14.9 Å². The van der Waals surface area contributed by atoms with Gasteiger partial charge in [-0.25, -0.2) is 4.79 Å². The van der Waals surface area contributed by atoms with Gasteiger partial charge in [0.2, 0.25) is 0 Å². The zero-order valence-electron chi connectivity index (χ0n) is 15.1. The number of nitro groups is 1. The molecule has 0 unspecified atom stereocenters. The van der Waals surface area contributed by atoms with Crippen LogP contribution in [0.3, 0.4) is 0 Å². The molecule has 27 heavy (non-hydrogen) atoms. The summed E-state index contributed by atoms with van der Waals surface area (Å²) in [4.78, 5) is 23.6. The second-order valence-corrected chi connectivity index (χ2v) is 6.25. The number of carbonyl (C=O) groups is 1. The highest BCUT2D eigenvalue weighted by Gasteiger charge is 2.18. The number of hydrogen-bond donors (Lipinski definition) is 0. The quantitative estimate of drug-likeness (QED) is 0.361. The van der Waals surface area contributed by atoms with Crippen molar-refractivity contribution in [3.63, 3.8) is 0 Å². The molecule has 0 atom stereocenters. The molecule has 0 aliphatic carbocycles. The molecule has 0 saturated carbocycles. The van der Waals surface area contributed by atoms with Crippen molar-refractivity contribution in [2.75, 3.05) is 27.4 Å². The topological polar surface area (TPSA) is 97.1 Å². The summed E-state index contributed by atoms with van der Waals surface area (Å²) in [5.41, 5.74) is -0.226. The fraction of sp³-hybridized carbons (Fsp3) is 0.278. The highest BCUT2D eigenvalue weighted by molar-refractivity contribution is 7.99. The number of nitro benzene ring substituents is 1. The Hall–Kier alpha value is -2.94. The average Bonchev–Trinajstić information content (AvgIpc) is 2.66. The Morgan fingerprint density at radius 2 is 1.67 bits per heavy atom. The van der Waals surface area contributed by atoms with E-state index in [1.165, 1.54) is 23.9 Å². The van der Waals surface area contributed by atoms with Gasteiger partial charge in [-0.15, -0.1) is 0 Å². The molecule has 0 radical (unpaired) electrons. The molecule has 0 fully saturated rings. The lowest BCUT2D eigenvalue weighted by Crippen LogP contribution is -2.15. The number of hydrogen-bond acceptors (Lipinski definition) is 8. The van der Waals surface area contributed by atoms with Gasteiger partial charge in [-0.05, 0) is 31.2 Å². The smallest absolute Gasteiger partial charge is 0.344 e. The number of rotatable bonds is 9. The van der Waals surface area contributed by atoms with Gasteiger partial charge in [-0.3, -0.25) is 10.1 Å². The molecule has 0 aromatic heterocycles. The van der Waals surface area contributed by atoms with Crippen LogP contribution in [-0.4, -0.2) is 38.3 Å². The number of nitrogens with zero attached hydrogens (tertiary/aromatic N) is 1. The maximum absolute atomic E-state index is 11.5.